The summed E-state index contributed by atoms with van der Waals surface area (Å²) in [6.07, 6.45) is -3.67. The van der Waals surface area contributed by atoms with E-state index in [4.69, 9.17) is 0 Å². The summed E-state index contributed by atoms with van der Waals surface area (Å²) in [5.74, 6) is -0.822. The van der Waals surface area contributed by atoms with Gasteiger partial charge in [-0.25, -0.2) is 9.97 Å². The number of aromatic nitrogens is 2. The van der Waals surface area contributed by atoms with Crippen molar-refractivity contribution in [1.29, 1.82) is 0 Å². The molecule has 1 aromatic carbocycles. The molecule has 0 aliphatic carbocycles. The van der Waals surface area contributed by atoms with E-state index < -0.39 is 12.0 Å². The van der Waals surface area contributed by atoms with E-state index in [0.717, 1.165) is 38.3 Å². The number of halogens is 4. The monoisotopic (exact) mass is 428 g/mol. The molecule has 0 radical (unpaired) electrons. The van der Waals surface area contributed by atoms with Crippen LogP contribution in [0.5, 0.6) is 0 Å². The second-order valence-electron chi connectivity index (χ2n) is 7.37. The average molecular weight is 429 g/mol. The summed E-state index contributed by atoms with van der Waals surface area (Å²) in [5.41, 5.74) is 3.25. The second-order valence-corrected chi connectivity index (χ2v) is 7.37. The highest BCUT2D eigenvalue weighted by atomic mass is 35.5. The highest BCUT2D eigenvalue weighted by Crippen LogP contribution is 2.34. The van der Waals surface area contributed by atoms with Crippen LogP contribution in [0.1, 0.15) is 23.0 Å². The molecular weight excluding hydrogens is 405 g/mol. The maximum absolute atomic E-state index is 13.2. The number of piperazine rings is 1. The van der Waals surface area contributed by atoms with Crippen molar-refractivity contribution in [3.05, 3.63) is 41.2 Å². The lowest BCUT2D eigenvalue weighted by atomic mass is 9.91. The fourth-order valence-corrected chi connectivity index (χ4v) is 3.81. The second kappa shape index (κ2) is 8.33. The van der Waals surface area contributed by atoms with Crippen LogP contribution >= 0.6 is 12.4 Å². The fourth-order valence-electron chi connectivity index (χ4n) is 3.81. The van der Waals surface area contributed by atoms with Gasteiger partial charge in [0, 0.05) is 58.1 Å². The number of nitrogens with zero attached hydrogens (tertiary/aromatic N) is 4. The van der Waals surface area contributed by atoms with Gasteiger partial charge in [-0.2, -0.15) is 13.2 Å². The van der Waals surface area contributed by atoms with Gasteiger partial charge in [-0.15, -0.1) is 12.4 Å². The summed E-state index contributed by atoms with van der Waals surface area (Å²) in [6, 6.07) is 7.87. The van der Waals surface area contributed by atoms with Crippen molar-refractivity contribution in [2.75, 3.05) is 50.5 Å². The molecule has 2 N–H and O–H groups in total. The third-order valence-electron chi connectivity index (χ3n) is 5.22. The largest absolute Gasteiger partial charge is 0.451 e. The van der Waals surface area contributed by atoms with Gasteiger partial charge in [0.1, 0.15) is 11.6 Å². The van der Waals surface area contributed by atoms with Gasteiger partial charge in [0.05, 0.1) is 0 Å². The van der Waals surface area contributed by atoms with Crippen LogP contribution in [-0.4, -0.2) is 55.1 Å². The lowest BCUT2D eigenvalue weighted by Crippen LogP contribution is -2.48. The normalized spacial score (nSPS) is 19.0. The summed E-state index contributed by atoms with van der Waals surface area (Å²) < 4.78 is 39.5. The Labute approximate surface area is 173 Å². The Bertz CT molecular complexity index is 874. The molecule has 1 aromatic heterocycles. The third-order valence-corrected chi connectivity index (χ3v) is 5.22. The molecule has 1 atom stereocenters. The van der Waals surface area contributed by atoms with Crippen molar-refractivity contribution in [1.82, 2.24) is 20.2 Å². The predicted octanol–water partition coefficient (Wildman–Crippen LogP) is 3.23. The molecule has 10 heteroatoms. The summed E-state index contributed by atoms with van der Waals surface area (Å²) in [5, 5.41) is 6.46. The molecule has 0 spiro atoms. The minimum Gasteiger partial charge on any atom is -0.363 e. The average Bonchev–Trinajstić information content (AvgIpc) is 2.66. The molecule has 158 valence electrons. The van der Waals surface area contributed by atoms with Crippen molar-refractivity contribution in [3.63, 3.8) is 0 Å². The maximum Gasteiger partial charge on any atom is 0.451 e. The highest BCUT2D eigenvalue weighted by molar-refractivity contribution is 5.85. The van der Waals surface area contributed by atoms with Gasteiger partial charge in [-0.1, -0.05) is 6.07 Å². The molecule has 29 heavy (non-hydrogen) atoms. The quantitative estimate of drug-likeness (QED) is 0.783. The molecule has 2 aliphatic rings. The lowest BCUT2D eigenvalue weighted by molar-refractivity contribution is -0.144. The Kier molecular flexibility index (Phi) is 6.21. The van der Waals surface area contributed by atoms with Crippen LogP contribution in [0.25, 0.3) is 0 Å². The number of hydrogen-bond acceptors (Lipinski definition) is 6. The first kappa shape index (κ1) is 21.6. The molecule has 3 heterocycles. The summed E-state index contributed by atoms with van der Waals surface area (Å²) in [4.78, 5) is 11.3. The summed E-state index contributed by atoms with van der Waals surface area (Å²) in [7, 11) is 3.30. The van der Waals surface area contributed by atoms with Crippen LogP contribution in [0.2, 0.25) is 0 Å². The number of alkyl halides is 3. The number of hydrogen-bond donors (Lipinski definition) is 2. The molecule has 4 rings (SSSR count). The Balaban J connectivity index is 0.00000240. The molecule has 0 bridgehead atoms. The van der Waals surface area contributed by atoms with E-state index in [1.165, 1.54) is 22.1 Å². The summed E-state index contributed by atoms with van der Waals surface area (Å²) in [6.45, 7) is 3.97. The van der Waals surface area contributed by atoms with Gasteiger partial charge in [-0.3, -0.25) is 4.90 Å². The molecule has 1 fully saturated rings. The van der Waals surface area contributed by atoms with Crippen molar-refractivity contribution < 1.29 is 13.2 Å². The van der Waals surface area contributed by atoms with E-state index >= 15 is 0 Å². The van der Waals surface area contributed by atoms with Crippen molar-refractivity contribution in [2.45, 2.75) is 18.6 Å². The Morgan fingerprint density at radius 1 is 1.17 bits per heavy atom. The minimum atomic E-state index is -4.60. The van der Waals surface area contributed by atoms with E-state index in [-0.39, 0.29) is 24.0 Å². The molecule has 1 saturated heterocycles. The standard InChI is InChI=1S/C19H23F3N6.ClH/c1-27(2)17-10-16(25-18(26-17)19(20,21)22)24-13-3-4-14-12(9-13)5-7-28-8-6-23-11-15(14)28;/h3-4,9-10,15,23H,5-8,11H2,1-2H3,(H,24,25,26);1H/t15-;/m0./s1. The number of anilines is 3. The van der Waals surface area contributed by atoms with Crippen LogP contribution < -0.4 is 15.5 Å². The lowest BCUT2D eigenvalue weighted by Gasteiger charge is -2.41. The van der Waals surface area contributed by atoms with E-state index in [9.17, 15) is 13.2 Å². The van der Waals surface area contributed by atoms with E-state index in [1.807, 2.05) is 12.1 Å². The van der Waals surface area contributed by atoms with Crippen LogP contribution in [0.3, 0.4) is 0 Å². The number of nitrogens with one attached hydrogen (secondary N) is 2. The van der Waals surface area contributed by atoms with Crippen LogP contribution in [-0.2, 0) is 12.6 Å². The zero-order chi connectivity index (χ0) is 19.9. The first-order valence-electron chi connectivity index (χ1n) is 9.29. The topological polar surface area (TPSA) is 56.3 Å². The number of fused-ring (bicyclic) bond motifs is 3. The SMILES string of the molecule is CN(C)c1cc(Nc2ccc3c(c2)CCN2CCNC[C@@H]32)nc(C(F)(F)F)n1.Cl. The zero-order valence-corrected chi connectivity index (χ0v) is 17.1. The van der Waals surface area contributed by atoms with Crippen molar-refractivity contribution in [3.8, 4) is 0 Å². The zero-order valence-electron chi connectivity index (χ0n) is 16.3. The van der Waals surface area contributed by atoms with Gasteiger partial charge >= 0.3 is 6.18 Å². The van der Waals surface area contributed by atoms with Crippen LogP contribution in [0.15, 0.2) is 24.3 Å². The van der Waals surface area contributed by atoms with Crippen LogP contribution in [0.4, 0.5) is 30.5 Å². The third kappa shape index (κ3) is 4.57. The Morgan fingerprint density at radius 3 is 2.69 bits per heavy atom. The number of rotatable bonds is 3. The van der Waals surface area contributed by atoms with E-state index in [1.54, 1.807) is 14.1 Å². The highest BCUT2D eigenvalue weighted by Gasteiger charge is 2.36. The first-order valence-corrected chi connectivity index (χ1v) is 9.29. The molecule has 0 unspecified atom stereocenters. The molecule has 0 saturated carbocycles. The molecular formula is C19H24ClF3N6. The van der Waals surface area contributed by atoms with Gasteiger partial charge < -0.3 is 15.5 Å². The molecule has 0 amide bonds. The summed E-state index contributed by atoms with van der Waals surface area (Å²) >= 11 is 0. The minimum absolute atomic E-state index is 0. The smallest absolute Gasteiger partial charge is 0.363 e. The van der Waals surface area contributed by atoms with Gasteiger partial charge in [-0.05, 0) is 29.7 Å². The van der Waals surface area contributed by atoms with E-state index in [2.05, 4.69) is 31.6 Å². The predicted molar refractivity (Wildman–Crippen MR) is 109 cm³/mol. The Morgan fingerprint density at radius 2 is 1.97 bits per heavy atom. The maximum atomic E-state index is 13.2. The molecule has 2 aliphatic heterocycles. The van der Waals surface area contributed by atoms with Gasteiger partial charge in [0.15, 0.2) is 0 Å². The fraction of sp³-hybridized carbons (Fsp3) is 0.474. The van der Waals surface area contributed by atoms with Crippen LogP contribution in [0, 0.1) is 0 Å². The number of benzene rings is 1. The Hall–Kier alpha value is -2.10. The van der Waals surface area contributed by atoms with Crippen molar-refractivity contribution in [2.24, 2.45) is 0 Å². The van der Waals surface area contributed by atoms with E-state index in [0.29, 0.717) is 6.04 Å². The van der Waals surface area contributed by atoms with Crippen molar-refractivity contribution >= 4 is 29.7 Å². The molecule has 2 aromatic rings. The van der Waals surface area contributed by atoms with Gasteiger partial charge in [0.2, 0.25) is 5.82 Å². The molecule has 6 nitrogen and oxygen atoms in total. The van der Waals surface area contributed by atoms with Gasteiger partial charge in [0.25, 0.3) is 0 Å². The first-order chi connectivity index (χ1) is 13.3.